The van der Waals surface area contributed by atoms with Gasteiger partial charge in [0.05, 0.1) is 11.8 Å². The molecule has 5 heteroatoms. The van der Waals surface area contributed by atoms with E-state index in [1.54, 1.807) is 15.6 Å². The lowest BCUT2D eigenvalue weighted by Gasteiger charge is -2.15. The molecule has 5 nitrogen and oxygen atoms in total. The summed E-state index contributed by atoms with van der Waals surface area (Å²) in [6, 6.07) is 1.80. The third-order valence-corrected chi connectivity index (χ3v) is 2.87. The molecule has 1 aliphatic heterocycles. The van der Waals surface area contributed by atoms with Gasteiger partial charge in [0, 0.05) is 19.6 Å². The van der Waals surface area contributed by atoms with Gasteiger partial charge in [0.15, 0.2) is 0 Å². The summed E-state index contributed by atoms with van der Waals surface area (Å²) in [5.41, 5.74) is 1.47. The molecule has 1 aromatic rings. The zero-order chi connectivity index (χ0) is 11.7. The molecule has 1 atom stereocenters. The summed E-state index contributed by atoms with van der Waals surface area (Å²) < 4.78 is 1.71. The van der Waals surface area contributed by atoms with Crippen LogP contribution in [0.25, 0.3) is 0 Å². The molecule has 88 valence electrons. The number of β-amino-alcohol motifs (C(OH)–C–C–N with tert-alkyl or cyclic N) is 1. The molecule has 0 radical (unpaired) electrons. The van der Waals surface area contributed by atoms with Crippen molar-refractivity contribution in [2.24, 2.45) is 0 Å². The van der Waals surface area contributed by atoms with Crippen LogP contribution in [-0.2, 0) is 6.54 Å². The first-order valence-corrected chi connectivity index (χ1v) is 5.63. The third kappa shape index (κ3) is 1.95. The number of rotatable bonds is 2. The minimum Gasteiger partial charge on any atom is -0.391 e. The highest BCUT2D eigenvalue weighted by Crippen LogP contribution is 2.14. The first-order chi connectivity index (χ1) is 7.61. The molecule has 16 heavy (non-hydrogen) atoms. The second-order valence-corrected chi connectivity index (χ2v) is 4.18. The van der Waals surface area contributed by atoms with Gasteiger partial charge in [0.2, 0.25) is 0 Å². The van der Waals surface area contributed by atoms with Crippen LogP contribution in [0.2, 0.25) is 0 Å². The van der Waals surface area contributed by atoms with Crippen molar-refractivity contribution >= 4 is 5.91 Å². The Morgan fingerprint density at radius 1 is 1.69 bits per heavy atom. The Morgan fingerprint density at radius 2 is 2.44 bits per heavy atom. The highest BCUT2D eigenvalue weighted by atomic mass is 16.3. The summed E-state index contributed by atoms with van der Waals surface area (Å²) in [5, 5.41) is 13.7. The van der Waals surface area contributed by atoms with Crippen molar-refractivity contribution in [3.8, 4) is 0 Å². The molecule has 1 saturated heterocycles. The Morgan fingerprint density at radius 3 is 3.00 bits per heavy atom. The summed E-state index contributed by atoms with van der Waals surface area (Å²) in [6.45, 7) is 5.59. The van der Waals surface area contributed by atoms with E-state index in [0.29, 0.717) is 31.7 Å². The van der Waals surface area contributed by atoms with E-state index in [2.05, 4.69) is 5.10 Å². The van der Waals surface area contributed by atoms with Gasteiger partial charge in [0.1, 0.15) is 5.69 Å². The molecule has 0 bridgehead atoms. The van der Waals surface area contributed by atoms with Crippen molar-refractivity contribution in [3.05, 3.63) is 17.5 Å². The van der Waals surface area contributed by atoms with Gasteiger partial charge in [-0.3, -0.25) is 9.48 Å². The van der Waals surface area contributed by atoms with E-state index in [1.807, 2.05) is 13.8 Å². The normalized spacial score (nSPS) is 20.4. The van der Waals surface area contributed by atoms with Gasteiger partial charge >= 0.3 is 0 Å². The van der Waals surface area contributed by atoms with Gasteiger partial charge in [0.25, 0.3) is 5.91 Å². The highest BCUT2D eigenvalue weighted by Gasteiger charge is 2.27. The van der Waals surface area contributed by atoms with Crippen LogP contribution in [0, 0.1) is 6.92 Å². The molecule has 0 aromatic carbocycles. The fraction of sp³-hybridized carbons (Fsp3) is 0.636. The fourth-order valence-corrected chi connectivity index (χ4v) is 2.05. The van der Waals surface area contributed by atoms with E-state index in [9.17, 15) is 9.90 Å². The van der Waals surface area contributed by atoms with Crippen molar-refractivity contribution in [2.75, 3.05) is 13.1 Å². The van der Waals surface area contributed by atoms with E-state index >= 15 is 0 Å². The van der Waals surface area contributed by atoms with Gasteiger partial charge in [-0.05, 0) is 26.3 Å². The minimum absolute atomic E-state index is 0.0287. The first kappa shape index (κ1) is 11.1. The number of aliphatic hydroxyl groups is 1. The van der Waals surface area contributed by atoms with Gasteiger partial charge in [-0.1, -0.05) is 0 Å². The van der Waals surface area contributed by atoms with Crippen LogP contribution in [0.5, 0.6) is 0 Å². The SMILES string of the molecule is CCn1nc(C)cc1C(=O)N1CCC(O)C1. The predicted molar refractivity (Wildman–Crippen MR) is 59.2 cm³/mol. The number of amides is 1. The van der Waals surface area contributed by atoms with Crippen LogP contribution >= 0.6 is 0 Å². The standard InChI is InChI=1S/C11H17N3O2/c1-3-14-10(6-8(2)12-14)11(16)13-5-4-9(15)7-13/h6,9,15H,3-5,7H2,1-2H3. The van der Waals surface area contributed by atoms with Crippen molar-refractivity contribution in [3.63, 3.8) is 0 Å². The van der Waals surface area contributed by atoms with E-state index < -0.39 is 0 Å². The third-order valence-electron chi connectivity index (χ3n) is 2.87. The van der Waals surface area contributed by atoms with Crippen molar-refractivity contribution in [2.45, 2.75) is 32.9 Å². The van der Waals surface area contributed by atoms with Gasteiger partial charge in [-0.25, -0.2) is 0 Å². The Labute approximate surface area is 94.7 Å². The minimum atomic E-state index is -0.372. The number of carbonyl (C=O) groups excluding carboxylic acids is 1. The lowest BCUT2D eigenvalue weighted by atomic mass is 10.3. The Hall–Kier alpha value is -1.36. The average molecular weight is 223 g/mol. The molecule has 0 saturated carbocycles. The van der Waals surface area contributed by atoms with E-state index in [-0.39, 0.29) is 12.0 Å². The number of carbonyl (C=O) groups is 1. The predicted octanol–water partition coefficient (Wildman–Crippen LogP) is 0.418. The maximum absolute atomic E-state index is 12.1. The van der Waals surface area contributed by atoms with Crippen LogP contribution in [0.4, 0.5) is 0 Å². The number of hydrogen-bond donors (Lipinski definition) is 1. The highest BCUT2D eigenvalue weighted by molar-refractivity contribution is 5.92. The largest absolute Gasteiger partial charge is 0.391 e. The number of aliphatic hydroxyl groups excluding tert-OH is 1. The van der Waals surface area contributed by atoms with Crippen LogP contribution in [0.3, 0.4) is 0 Å². The second kappa shape index (κ2) is 4.25. The molecule has 1 aromatic heterocycles. The molecular weight excluding hydrogens is 206 g/mol. The topological polar surface area (TPSA) is 58.4 Å². The maximum Gasteiger partial charge on any atom is 0.272 e. The number of likely N-dealkylation sites (tertiary alicyclic amines) is 1. The number of aryl methyl sites for hydroxylation is 2. The molecule has 2 rings (SSSR count). The zero-order valence-corrected chi connectivity index (χ0v) is 9.68. The Kier molecular flexibility index (Phi) is 2.96. The van der Waals surface area contributed by atoms with Gasteiger partial charge in [-0.2, -0.15) is 5.10 Å². The van der Waals surface area contributed by atoms with Crippen LogP contribution in [-0.4, -0.2) is 44.9 Å². The summed E-state index contributed by atoms with van der Waals surface area (Å²) >= 11 is 0. The number of aromatic nitrogens is 2. The summed E-state index contributed by atoms with van der Waals surface area (Å²) in [5.74, 6) is -0.0287. The maximum atomic E-state index is 12.1. The first-order valence-electron chi connectivity index (χ1n) is 5.63. The fourth-order valence-electron chi connectivity index (χ4n) is 2.05. The molecular formula is C11H17N3O2. The Balaban J connectivity index is 2.20. The molecule has 1 N–H and O–H groups in total. The lowest BCUT2D eigenvalue weighted by Crippen LogP contribution is -2.31. The van der Waals surface area contributed by atoms with Crippen LogP contribution in [0.1, 0.15) is 29.5 Å². The van der Waals surface area contributed by atoms with E-state index in [0.717, 1.165) is 5.69 Å². The lowest BCUT2D eigenvalue weighted by molar-refractivity contribution is 0.0753. The molecule has 1 amide bonds. The second-order valence-electron chi connectivity index (χ2n) is 4.18. The van der Waals surface area contributed by atoms with Crippen LogP contribution in [0.15, 0.2) is 6.07 Å². The summed E-state index contributed by atoms with van der Waals surface area (Å²) in [4.78, 5) is 13.8. The summed E-state index contributed by atoms with van der Waals surface area (Å²) in [6.07, 6.45) is 0.299. The molecule has 2 heterocycles. The van der Waals surface area contributed by atoms with Crippen LogP contribution < -0.4 is 0 Å². The smallest absolute Gasteiger partial charge is 0.272 e. The average Bonchev–Trinajstić information content (AvgIpc) is 2.83. The van der Waals surface area contributed by atoms with Crippen molar-refractivity contribution in [1.82, 2.24) is 14.7 Å². The molecule has 1 unspecified atom stereocenters. The number of nitrogens with zero attached hydrogens (tertiary/aromatic N) is 3. The van der Waals surface area contributed by atoms with Crippen molar-refractivity contribution < 1.29 is 9.90 Å². The molecule has 0 spiro atoms. The molecule has 1 aliphatic rings. The molecule has 1 fully saturated rings. The van der Waals surface area contributed by atoms with E-state index in [4.69, 9.17) is 0 Å². The zero-order valence-electron chi connectivity index (χ0n) is 9.68. The van der Waals surface area contributed by atoms with Crippen molar-refractivity contribution in [1.29, 1.82) is 0 Å². The van der Waals surface area contributed by atoms with E-state index in [1.165, 1.54) is 0 Å². The number of hydrogen-bond acceptors (Lipinski definition) is 3. The monoisotopic (exact) mass is 223 g/mol. The Bertz CT molecular complexity index is 400. The quantitative estimate of drug-likeness (QED) is 0.790. The molecule has 0 aliphatic carbocycles. The van der Waals surface area contributed by atoms with Gasteiger partial charge in [-0.15, -0.1) is 0 Å². The summed E-state index contributed by atoms with van der Waals surface area (Å²) in [7, 11) is 0. The van der Waals surface area contributed by atoms with Gasteiger partial charge < -0.3 is 10.0 Å².